The first kappa shape index (κ1) is 17.1. The number of urea groups is 1. The molecule has 1 saturated heterocycles. The van der Waals surface area contributed by atoms with Crippen LogP contribution in [0.15, 0.2) is 36.5 Å². The van der Waals surface area contributed by atoms with E-state index in [0.29, 0.717) is 17.9 Å². The van der Waals surface area contributed by atoms with E-state index in [4.69, 9.17) is 0 Å². The van der Waals surface area contributed by atoms with E-state index >= 15 is 0 Å². The number of anilines is 1. The minimum Gasteiger partial charge on any atom is -0.321 e. The van der Waals surface area contributed by atoms with E-state index < -0.39 is 0 Å². The van der Waals surface area contributed by atoms with Crippen LogP contribution in [0.25, 0.3) is 0 Å². The maximum atomic E-state index is 12.9. The van der Waals surface area contributed by atoms with Crippen molar-refractivity contribution in [3.63, 3.8) is 0 Å². The highest BCUT2D eigenvalue weighted by Crippen LogP contribution is 2.40. The highest BCUT2D eigenvalue weighted by atomic mass is 16.2. The van der Waals surface area contributed by atoms with Gasteiger partial charge in [0.25, 0.3) is 0 Å². The number of benzene rings is 1. The van der Waals surface area contributed by atoms with Gasteiger partial charge in [0, 0.05) is 24.6 Å². The van der Waals surface area contributed by atoms with Crippen LogP contribution in [0.3, 0.4) is 0 Å². The van der Waals surface area contributed by atoms with Crippen LogP contribution < -0.4 is 5.32 Å². The van der Waals surface area contributed by atoms with Crippen LogP contribution in [-0.2, 0) is 0 Å². The fourth-order valence-electron chi connectivity index (χ4n) is 4.09. The minimum absolute atomic E-state index is 0.0168. The predicted molar refractivity (Wildman–Crippen MR) is 103 cm³/mol. The molecule has 0 spiro atoms. The van der Waals surface area contributed by atoms with Gasteiger partial charge in [0.1, 0.15) is 5.82 Å². The van der Waals surface area contributed by atoms with Gasteiger partial charge < -0.3 is 4.90 Å². The molecule has 1 saturated carbocycles. The number of rotatable bonds is 4. The smallest absolute Gasteiger partial charge is 0.321 e. The van der Waals surface area contributed by atoms with Gasteiger partial charge in [-0.3, -0.25) is 5.32 Å². The summed E-state index contributed by atoms with van der Waals surface area (Å²) in [6.45, 7) is 7.19. The molecule has 1 aromatic carbocycles. The van der Waals surface area contributed by atoms with Crippen LogP contribution in [0, 0.1) is 12.8 Å². The van der Waals surface area contributed by atoms with Crippen LogP contribution in [0.5, 0.6) is 0 Å². The zero-order chi connectivity index (χ0) is 18.3. The topological polar surface area (TPSA) is 50.2 Å². The van der Waals surface area contributed by atoms with Crippen molar-refractivity contribution in [3.8, 4) is 0 Å². The molecule has 1 aliphatic carbocycles. The summed E-state index contributed by atoms with van der Waals surface area (Å²) in [6.07, 6.45) is 5.30. The van der Waals surface area contributed by atoms with Crippen LogP contribution in [-0.4, -0.2) is 33.3 Å². The second kappa shape index (κ2) is 6.78. The summed E-state index contributed by atoms with van der Waals surface area (Å²) in [4.78, 5) is 14.9. The Morgan fingerprint density at radius 3 is 2.65 bits per heavy atom. The Morgan fingerprint density at radius 2 is 1.96 bits per heavy atom. The second-order valence-electron chi connectivity index (χ2n) is 8.01. The number of amides is 2. The van der Waals surface area contributed by atoms with E-state index in [-0.39, 0.29) is 12.1 Å². The van der Waals surface area contributed by atoms with Gasteiger partial charge in [-0.2, -0.15) is 5.10 Å². The van der Waals surface area contributed by atoms with Gasteiger partial charge in [-0.25, -0.2) is 9.48 Å². The van der Waals surface area contributed by atoms with Gasteiger partial charge in [0.05, 0.1) is 12.2 Å². The largest absolute Gasteiger partial charge is 0.323 e. The molecule has 1 aliphatic heterocycles. The van der Waals surface area contributed by atoms with E-state index in [1.54, 1.807) is 6.20 Å². The van der Waals surface area contributed by atoms with Crippen LogP contribution in [0.4, 0.5) is 10.6 Å². The Kier molecular flexibility index (Phi) is 4.47. The van der Waals surface area contributed by atoms with Crippen molar-refractivity contribution in [1.29, 1.82) is 0 Å². The van der Waals surface area contributed by atoms with Crippen LogP contribution >= 0.6 is 0 Å². The van der Waals surface area contributed by atoms with Gasteiger partial charge >= 0.3 is 6.03 Å². The van der Waals surface area contributed by atoms with E-state index in [2.05, 4.69) is 55.5 Å². The Bertz CT molecular complexity index is 778. The number of carbonyl (C=O) groups excluding carboxylic acids is 1. The molecule has 2 amide bonds. The molecule has 2 aliphatic rings. The lowest BCUT2D eigenvalue weighted by molar-refractivity contribution is 0.209. The zero-order valence-electron chi connectivity index (χ0n) is 15.9. The van der Waals surface area contributed by atoms with Crippen molar-refractivity contribution in [2.24, 2.45) is 5.92 Å². The monoisotopic (exact) mass is 352 g/mol. The third-order valence-electron chi connectivity index (χ3n) is 5.98. The Labute approximate surface area is 155 Å². The van der Waals surface area contributed by atoms with Crippen LogP contribution in [0.1, 0.15) is 56.2 Å². The lowest BCUT2D eigenvalue weighted by Crippen LogP contribution is -2.38. The average Bonchev–Trinajstić information content (AvgIpc) is 3.26. The summed E-state index contributed by atoms with van der Waals surface area (Å²) < 4.78 is 1.97. The van der Waals surface area contributed by atoms with Crippen molar-refractivity contribution in [2.45, 2.75) is 58.0 Å². The normalized spacial score (nSPS) is 23.9. The molecule has 0 radical (unpaired) electrons. The molecule has 0 bridgehead atoms. The molecule has 4 rings (SSSR count). The molecule has 1 N–H and O–H groups in total. The number of likely N-dealkylation sites (tertiary alicyclic amines) is 1. The highest BCUT2D eigenvalue weighted by molar-refractivity contribution is 5.89. The summed E-state index contributed by atoms with van der Waals surface area (Å²) in [5, 5.41) is 7.53. The average molecular weight is 352 g/mol. The molecule has 3 atom stereocenters. The Morgan fingerprint density at radius 1 is 1.23 bits per heavy atom. The molecule has 26 heavy (non-hydrogen) atoms. The standard InChI is InChI=1S/C21H28N4O/c1-14-4-6-18(7-5-14)19-12-15(2)24(13-19)21(26)23-20-10-11-22-25(20)16(3)17-8-9-17/h4-7,10-11,15-17,19H,8-9,12-13H2,1-3H3,(H,23,26). The fourth-order valence-corrected chi connectivity index (χ4v) is 4.09. The number of hydrogen-bond donors (Lipinski definition) is 1. The molecule has 1 aromatic heterocycles. The predicted octanol–water partition coefficient (Wildman–Crippen LogP) is 4.57. The summed E-state index contributed by atoms with van der Waals surface area (Å²) in [5.74, 6) is 1.91. The van der Waals surface area contributed by atoms with Gasteiger partial charge in [-0.05, 0) is 51.5 Å². The van der Waals surface area contributed by atoms with Crippen molar-refractivity contribution in [3.05, 3.63) is 47.7 Å². The van der Waals surface area contributed by atoms with Crippen molar-refractivity contribution in [1.82, 2.24) is 14.7 Å². The molecule has 3 unspecified atom stereocenters. The van der Waals surface area contributed by atoms with Gasteiger partial charge in [0.15, 0.2) is 0 Å². The van der Waals surface area contributed by atoms with E-state index in [9.17, 15) is 4.79 Å². The lowest BCUT2D eigenvalue weighted by atomic mass is 9.96. The first-order chi connectivity index (χ1) is 12.5. The fraction of sp³-hybridized carbons (Fsp3) is 0.524. The van der Waals surface area contributed by atoms with E-state index in [1.807, 2.05) is 15.6 Å². The maximum absolute atomic E-state index is 12.9. The number of carbonyl (C=O) groups is 1. The molecule has 5 heteroatoms. The molecule has 2 aromatic rings. The summed E-state index contributed by atoms with van der Waals surface area (Å²) in [5.41, 5.74) is 2.59. The number of nitrogens with zero attached hydrogens (tertiary/aromatic N) is 3. The first-order valence-electron chi connectivity index (χ1n) is 9.70. The van der Waals surface area contributed by atoms with Crippen molar-refractivity contribution < 1.29 is 4.79 Å². The first-order valence-corrected chi connectivity index (χ1v) is 9.70. The Hall–Kier alpha value is -2.30. The molecule has 2 heterocycles. The molecular weight excluding hydrogens is 324 g/mol. The number of hydrogen-bond acceptors (Lipinski definition) is 2. The molecular formula is C21H28N4O. The van der Waals surface area contributed by atoms with Crippen LogP contribution in [0.2, 0.25) is 0 Å². The lowest BCUT2D eigenvalue weighted by Gasteiger charge is -2.23. The van der Waals surface area contributed by atoms with Crippen molar-refractivity contribution >= 4 is 11.8 Å². The second-order valence-corrected chi connectivity index (χ2v) is 8.01. The summed E-state index contributed by atoms with van der Waals surface area (Å²) in [6, 6.07) is 11.2. The number of aromatic nitrogens is 2. The number of aryl methyl sites for hydroxylation is 1. The van der Waals surface area contributed by atoms with Gasteiger partial charge in [-0.1, -0.05) is 29.8 Å². The van der Waals surface area contributed by atoms with Gasteiger partial charge in [0.2, 0.25) is 0 Å². The summed E-state index contributed by atoms with van der Waals surface area (Å²) >= 11 is 0. The molecule has 138 valence electrons. The van der Waals surface area contributed by atoms with Gasteiger partial charge in [-0.15, -0.1) is 0 Å². The summed E-state index contributed by atoms with van der Waals surface area (Å²) in [7, 11) is 0. The third kappa shape index (κ3) is 3.35. The third-order valence-corrected chi connectivity index (χ3v) is 5.98. The minimum atomic E-state index is -0.0168. The Balaban J connectivity index is 1.44. The highest BCUT2D eigenvalue weighted by Gasteiger charge is 2.34. The SMILES string of the molecule is Cc1ccc(C2CC(C)N(C(=O)Nc3ccnn3C(C)C3CC3)C2)cc1. The molecule has 2 fully saturated rings. The molecule has 5 nitrogen and oxygen atoms in total. The quantitative estimate of drug-likeness (QED) is 0.876. The zero-order valence-corrected chi connectivity index (χ0v) is 15.9. The maximum Gasteiger partial charge on any atom is 0.323 e. The van der Waals surface area contributed by atoms with E-state index in [0.717, 1.165) is 18.8 Å². The number of nitrogens with one attached hydrogen (secondary N) is 1. The van der Waals surface area contributed by atoms with Crippen molar-refractivity contribution in [2.75, 3.05) is 11.9 Å². The van der Waals surface area contributed by atoms with E-state index in [1.165, 1.54) is 24.0 Å².